The third-order valence-electron chi connectivity index (χ3n) is 2.74. The normalized spacial score (nSPS) is 10.4. The van der Waals surface area contributed by atoms with Gasteiger partial charge in [0.05, 0.1) is 15.7 Å². The Kier molecular flexibility index (Phi) is 4.04. The van der Waals surface area contributed by atoms with Gasteiger partial charge in [0.25, 0.3) is 0 Å². The molecule has 0 unspecified atom stereocenters. The first-order valence-corrected chi connectivity index (χ1v) is 6.40. The molecule has 2 rings (SSSR count). The van der Waals surface area contributed by atoms with E-state index in [4.69, 9.17) is 23.2 Å². The first-order valence-electron chi connectivity index (χ1n) is 5.65. The van der Waals surface area contributed by atoms with Crippen LogP contribution in [0.4, 0.5) is 5.82 Å². The lowest BCUT2D eigenvalue weighted by molar-refractivity contribution is 1.05. The van der Waals surface area contributed by atoms with Crippen molar-refractivity contribution in [3.63, 3.8) is 0 Å². The fraction of sp³-hybridized carbons (Fsp3) is 0.231. The van der Waals surface area contributed by atoms with Crippen molar-refractivity contribution in [2.24, 2.45) is 0 Å². The second-order valence-electron chi connectivity index (χ2n) is 3.75. The van der Waals surface area contributed by atoms with Crippen molar-refractivity contribution in [2.75, 3.05) is 12.4 Å². The van der Waals surface area contributed by atoms with Crippen LogP contribution < -0.4 is 5.32 Å². The molecule has 1 N–H and O–H groups in total. The van der Waals surface area contributed by atoms with Crippen LogP contribution in [0, 0.1) is 0 Å². The highest BCUT2D eigenvalue weighted by molar-refractivity contribution is 6.43. The van der Waals surface area contributed by atoms with E-state index < -0.39 is 0 Å². The number of nitrogens with one attached hydrogen (secondary N) is 1. The number of aromatic nitrogens is 2. The summed E-state index contributed by atoms with van der Waals surface area (Å²) in [7, 11) is 1.84. The summed E-state index contributed by atoms with van der Waals surface area (Å²) >= 11 is 12.3. The predicted octanol–water partition coefficient (Wildman–Crippen LogP) is 4.05. The van der Waals surface area contributed by atoms with Crippen molar-refractivity contribution in [3.8, 4) is 11.3 Å². The third-order valence-corrected chi connectivity index (χ3v) is 3.56. The molecule has 0 radical (unpaired) electrons. The van der Waals surface area contributed by atoms with Crippen molar-refractivity contribution in [2.45, 2.75) is 13.3 Å². The standard InChI is InChI=1S/C13H13Cl2N3/c1-3-8-12(17-7-18-13(8)16-2)9-5-4-6-10(14)11(9)15/h4-7H,3H2,1-2H3,(H,16,17,18). The molecule has 1 aromatic heterocycles. The maximum Gasteiger partial charge on any atom is 0.132 e. The highest BCUT2D eigenvalue weighted by atomic mass is 35.5. The molecule has 0 bridgehead atoms. The van der Waals surface area contributed by atoms with Gasteiger partial charge >= 0.3 is 0 Å². The first kappa shape index (κ1) is 13.1. The van der Waals surface area contributed by atoms with Crippen LogP contribution in [0.2, 0.25) is 10.0 Å². The number of anilines is 1. The van der Waals surface area contributed by atoms with Crippen LogP contribution in [0.3, 0.4) is 0 Å². The van der Waals surface area contributed by atoms with Crippen molar-refractivity contribution in [1.29, 1.82) is 0 Å². The van der Waals surface area contributed by atoms with Crippen LogP contribution in [0.15, 0.2) is 24.5 Å². The molecule has 0 aliphatic rings. The lowest BCUT2D eigenvalue weighted by Crippen LogP contribution is -2.02. The Hall–Kier alpha value is -1.32. The van der Waals surface area contributed by atoms with E-state index in [2.05, 4.69) is 22.2 Å². The van der Waals surface area contributed by atoms with Gasteiger partial charge in [0.2, 0.25) is 0 Å². The number of hydrogen-bond acceptors (Lipinski definition) is 3. The summed E-state index contributed by atoms with van der Waals surface area (Å²) in [5.74, 6) is 0.818. The van der Waals surface area contributed by atoms with Gasteiger partial charge in [-0.05, 0) is 12.5 Å². The second-order valence-corrected chi connectivity index (χ2v) is 4.54. The van der Waals surface area contributed by atoms with Gasteiger partial charge < -0.3 is 5.32 Å². The monoisotopic (exact) mass is 281 g/mol. The lowest BCUT2D eigenvalue weighted by Gasteiger charge is -2.12. The van der Waals surface area contributed by atoms with E-state index in [-0.39, 0.29) is 0 Å². The lowest BCUT2D eigenvalue weighted by atomic mass is 10.0. The van der Waals surface area contributed by atoms with Gasteiger partial charge in [-0.1, -0.05) is 42.3 Å². The summed E-state index contributed by atoms with van der Waals surface area (Å²) in [4.78, 5) is 8.54. The molecule has 0 fully saturated rings. The van der Waals surface area contributed by atoms with E-state index in [1.54, 1.807) is 6.07 Å². The molecule has 3 nitrogen and oxygen atoms in total. The fourth-order valence-electron chi connectivity index (χ4n) is 1.88. The SMILES string of the molecule is CCc1c(NC)ncnc1-c1cccc(Cl)c1Cl. The van der Waals surface area contributed by atoms with Crippen molar-refractivity contribution >= 4 is 29.0 Å². The number of nitrogens with zero attached hydrogens (tertiary/aromatic N) is 2. The van der Waals surface area contributed by atoms with Gasteiger partial charge in [0.15, 0.2) is 0 Å². The Morgan fingerprint density at radius 3 is 2.67 bits per heavy atom. The Morgan fingerprint density at radius 1 is 1.22 bits per heavy atom. The summed E-state index contributed by atoms with van der Waals surface area (Å²) in [6.07, 6.45) is 2.34. The van der Waals surface area contributed by atoms with Crippen LogP contribution >= 0.6 is 23.2 Å². The number of rotatable bonds is 3. The van der Waals surface area contributed by atoms with Crippen LogP contribution in [-0.2, 0) is 6.42 Å². The zero-order valence-electron chi connectivity index (χ0n) is 10.2. The van der Waals surface area contributed by atoms with Crippen LogP contribution in [0.5, 0.6) is 0 Å². The van der Waals surface area contributed by atoms with Crippen LogP contribution in [0.25, 0.3) is 11.3 Å². The minimum absolute atomic E-state index is 0.523. The second kappa shape index (κ2) is 5.55. The van der Waals surface area contributed by atoms with Gasteiger partial charge in [0.1, 0.15) is 12.1 Å². The first-order chi connectivity index (χ1) is 8.69. The molecule has 1 aromatic carbocycles. The molecule has 0 aliphatic carbocycles. The number of halogens is 2. The largest absolute Gasteiger partial charge is 0.373 e. The maximum absolute atomic E-state index is 6.24. The van der Waals surface area contributed by atoms with Crippen molar-refractivity contribution in [1.82, 2.24) is 9.97 Å². The average Bonchev–Trinajstić information content (AvgIpc) is 2.41. The number of hydrogen-bond donors (Lipinski definition) is 1. The van der Waals surface area contributed by atoms with E-state index in [1.807, 2.05) is 19.2 Å². The molecule has 0 saturated heterocycles. The summed E-state index contributed by atoms with van der Waals surface area (Å²) in [6, 6.07) is 5.54. The summed E-state index contributed by atoms with van der Waals surface area (Å²) < 4.78 is 0. The van der Waals surface area contributed by atoms with E-state index in [9.17, 15) is 0 Å². The van der Waals surface area contributed by atoms with Gasteiger partial charge in [-0.2, -0.15) is 0 Å². The topological polar surface area (TPSA) is 37.8 Å². The quantitative estimate of drug-likeness (QED) is 0.922. The van der Waals surface area contributed by atoms with E-state index in [0.717, 1.165) is 29.1 Å². The molecule has 2 aromatic rings. The Labute approximate surface area is 116 Å². The van der Waals surface area contributed by atoms with Crippen LogP contribution in [0.1, 0.15) is 12.5 Å². The molecule has 0 atom stereocenters. The Balaban J connectivity index is 2.67. The van der Waals surface area contributed by atoms with Crippen LogP contribution in [-0.4, -0.2) is 17.0 Å². The minimum Gasteiger partial charge on any atom is -0.373 e. The minimum atomic E-state index is 0.523. The highest BCUT2D eigenvalue weighted by Gasteiger charge is 2.14. The molecule has 0 spiro atoms. The van der Waals surface area contributed by atoms with Gasteiger partial charge in [-0.15, -0.1) is 0 Å². The third kappa shape index (κ3) is 2.28. The van der Waals surface area contributed by atoms with E-state index >= 15 is 0 Å². The summed E-state index contributed by atoms with van der Waals surface area (Å²) in [6.45, 7) is 2.06. The van der Waals surface area contributed by atoms with Gasteiger partial charge in [0, 0.05) is 18.2 Å². The van der Waals surface area contributed by atoms with Crippen molar-refractivity contribution < 1.29 is 0 Å². The fourth-order valence-corrected chi connectivity index (χ4v) is 2.27. The smallest absolute Gasteiger partial charge is 0.132 e. The maximum atomic E-state index is 6.24. The summed E-state index contributed by atoms with van der Waals surface area (Å²) in [5.41, 5.74) is 2.69. The molecule has 1 heterocycles. The van der Waals surface area contributed by atoms with Gasteiger partial charge in [-0.25, -0.2) is 9.97 Å². The molecule has 94 valence electrons. The Morgan fingerprint density at radius 2 is 2.00 bits per heavy atom. The van der Waals surface area contributed by atoms with E-state index in [1.165, 1.54) is 6.33 Å². The molecule has 0 saturated carbocycles. The number of benzene rings is 1. The highest BCUT2D eigenvalue weighted by Crippen LogP contribution is 2.35. The zero-order chi connectivity index (χ0) is 13.1. The van der Waals surface area contributed by atoms with E-state index in [0.29, 0.717) is 10.0 Å². The molecule has 5 heteroatoms. The van der Waals surface area contributed by atoms with Gasteiger partial charge in [-0.3, -0.25) is 0 Å². The predicted molar refractivity (Wildman–Crippen MR) is 76.4 cm³/mol. The molecular formula is C13H13Cl2N3. The molecule has 0 amide bonds. The average molecular weight is 282 g/mol. The Bertz CT molecular complexity index is 570. The zero-order valence-corrected chi connectivity index (χ0v) is 11.7. The van der Waals surface area contributed by atoms with Crippen molar-refractivity contribution in [3.05, 3.63) is 40.1 Å². The molecular weight excluding hydrogens is 269 g/mol. The summed E-state index contributed by atoms with van der Waals surface area (Å²) in [5, 5.41) is 4.11. The molecule has 18 heavy (non-hydrogen) atoms. The molecule has 0 aliphatic heterocycles.